The average molecular weight is 320 g/mol. The van der Waals surface area contributed by atoms with Gasteiger partial charge in [-0.1, -0.05) is 0 Å². The van der Waals surface area contributed by atoms with Crippen LogP contribution >= 0.6 is 11.3 Å². The lowest BCUT2D eigenvalue weighted by atomic mass is 10.1. The van der Waals surface area contributed by atoms with Crippen molar-refractivity contribution in [3.05, 3.63) is 16.3 Å². The second kappa shape index (κ2) is 6.18. The van der Waals surface area contributed by atoms with Crippen molar-refractivity contribution in [1.82, 2.24) is 15.3 Å². The molecule has 0 aromatic carbocycles. The number of hydrogen-bond donors (Lipinski definition) is 2. The smallest absolute Gasteiger partial charge is 0.348 e. The number of aryl methyl sites for hydroxylation is 2. The SMILES string of the molecule is COC(=O)c1sc2nc(C)nc(NC3CCNCC3)c2c1C. The van der Waals surface area contributed by atoms with Gasteiger partial charge >= 0.3 is 5.97 Å². The lowest BCUT2D eigenvalue weighted by Crippen LogP contribution is -2.35. The fourth-order valence-electron chi connectivity index (χ4n) is 2.80. The second-order valence-corrected chi connectivity index (χ2v) is 6.52. The second-order valence-electron chi connectivity index (χ2n) is 5.52. The number of thiophene rings is 1. The first-order valence-corrected chi connectivity index (χ1v) is 8.25. The minimum atomic E-state index is -0.314. The maximum Gasteiger partial charge on any atom is 0.348 e. The van der Waals surface area contributed by atoms with E-state index in [0.29, 0.717) is 16.7 Å². The zero-order valence-electron chi connectivity index (χ0n) is 13.0. The number of fused-ring (bicyclic) bond motifs is 1. The van der Waals surface area contributed by atoms with E-state index in [4.69, 9.17) is 4.74 Å². The first-order chi connectivity index (χ1) is 10.6. The minimum absolute atomic E-state index is 0.314. The van der Waals surface area contributed by atoms with E-state index < -0.39 is 0 Å². The van der Waals surface area contributed by atoms with Crippen molar-refractivity contribution in [3.63, 3.8) is 0 Å². The Balaban J connectivity index is 2.04. The van der Waals surface area contributed by atoms with Gasteiger partial charge in [-0.3, -0.25) is 0 Å². The topological polar surface area (TPSA) is 76.1 Å². The molecule has 118 valence electrons. The maximum absolute atomic E-state index is 11.9. The van der Waals surface area contributed by atoms with Crippen LogP contribution in [-0.2, 0) is 4.74 Å². The number of nitrogens with zero attached hydrogens (tertiary/aromatic N) is 2. The van der Waals surface area contributed by atoms with Crippen LogP contribution in [0.1, 0.15) is 33.9 Å². The van der Waals surface area contributed by atoms with Crippen LogP contribution in [0.2, 0.25) is 0 Å². The molecule has 2 aromatic rings. The summed E-state index contributed by atoms with van der Waals surface area (Å²) >= 11 is 1.37. The molecule has 0 unspecified atom stereocenters. The molecule has 6 nitrogen and oxygen atoms in total. The lowest BCUT2D eigenvalue weighted by Gasteiger charge is -2.24. The van der Waals surface area contributed by atoms with Gasteiger partial charge in [-0.15, -0.1) is 11.3 Å². The lowest BCUT2D eigenvalue weighted by molar-refractivity contribution is 0.0605. The van der Waals surface area contributed by atoms with E-state index in [2.05, 4.69) is 20.6 Å². The van der Waals surface area contributed by atoms with Gasteiger partial charge in [-0.2, -0.15) is 0 Å². The summed E-state index contributed by atoms with van der Waals surface area (Å²) in [4.78, 5) is 22.4. The Bertz CT molecular complexity index is 707. The third-order valence-corrected chi connectivity index (χ3v) is 5.12. The molecule has 3 heterocycles. The molecule has 2 N–H and O–H groups in total. The van der Waals surface area contributed by atoms with Gasteiger partial charge in [-0.05, 0) is 45.3 Å². The van der Waals surface area contributed by atoms with Gasteiger partial charge in [0.2, 0.25) is 0 Å². The molecule has 0 radical (unpaired) electrons. The fraction of sp³-hybridized carbons (Fsp3) is 0.533. The highest BCUT2D eigenvalue weighted by atomic mass is 32.1. The molecule has 2 aromatic heterocycles. The highest BCUT2D eigenvalue weighted by Crippen LogP contribution is 2.34. The summed E-state index contributed by atoms with van der Waals surface area (Å²) < 4.78 is 4.86. The third-order valence-electron chi connectivity index (χ3n) is 3.95. The zero-order valence-corrected chi connectivity index (χ0v) is 13.8. The number of methoxy groups -OCH3 is 1. The van der Waals surface area contributed by atoms with Gasteiger partial charge in [0.25, 0.3) is 0 Å². The predicted octanol–water partition coefficient (Wildman–Crippen LogP) is 2.26. The molecule has 7 heteroatoms. The van der Waals surface area contributed by atoms with E-state index in [1.165, 1.54) is 18.4 Å². The molecule has 0 bridgehead atoms. The van der Waals surface area contributed by atoms with Gasteiger partial charge in [-0.25, -0.2) is 14.8 Å². The quantitative estimate of drug-likeness (QED) is 0.845. The van der Waals surface area contributed by atoms with Gasteiger partial charge in [0.05, 0.1) is 12.5 Å². The van der Waals surface area contributed by atoms with Crippen LogP contribution < -0.4 is 10.6 Å². The van der Waals surface area contributed by atoms with Crippen LogP contribution in [0.15, 0.2) is 0 Å². The molecule has 1 aliphatic heterocycles. The molecule has 0 saturated carbocycles. The molecule has 1 saturated heterocycles. The first-order valence-electron chi connectivity index (χ1n) is 7.43. The molecular formula is C15H20N4O2S. The van der Waals surface area contributed by atoms with Crippen LogP contribution in [0.4, 0.5) is 5.82 Å². The van der Waals surface area contributed by atoms with Gasteiger partial charge in [0.1, 0.15) is 21.3 Å². The van der Waals surface area contributed by atoms with Crippen molar-refractivity contribution >= 4 is 33.3 Å². The Morgan fingerprint density at radius 1 is 1.32 bits per heavy atom. The molecule has 0 aliphatic carbocycles. The van der Waals surface area contributed by atoms with Crippen molar-refractivity contribution in [1.29, 1.82) is 0 Å². The van der Waals surface area contributed by atoms with Crippen LogP contribution in [0.5, 0.6) is 0 Å². The molecule has 22 heavy (non-hydrogen) atoms. The molecule has 3 rings (SSSR count). The Morgan fingerprint density at radius 3 is 2.73 bits per heavy atom. The number of ether oxygens (including phenoxy) is 1. The Morgan fingerprint density at radius 2 is 2.05 bits per heavy atom. The van der Waals surface area contributed by atoms with Crippen molar-refractivity contribution in [2.75, 3.05) is 25.5 Å². The van der Waals surface area contributed by atoms with Gasteiger partial charge in [0, 0.05) is 6.04 Å². The summed E-state index contributed by atoms with van der Waals surface area (Å²) in [7, 11) is 1.40. The summed E-state index contributed by atoms with van der Waals surface area (Å²) in [5.41, 5.74) is 0.892. The van der Waals surface area contributed by atoms with Crippen LogP contribution in [-0.4, -0.2) is 42.2 Å². The summed E-state index contributed by atoms with van der Waals surface area (Å²) in [6.45, 7) is 5.83. The first kappa shape index (κ1) is 15.2. The van der Waals surface area contributed by atoms with Crippen LogP contribution in [0.3, 0.4) is 0 Å². The van der Waals surface area contributed by atoms with E-state index in [9.17, 15) is 4.79 Å². The molecule has 0 spiro atoms. The minimum Gasteiger partial charge on any atom is -0.465 e. The molecule has 0 atom stereocenters. The fourth-order valence-corrected chi connectivity index (χ4v) is 3.94. The Labute approximate surface area is 133 Å². The number of rotatable bonds is 3. The highest BCUT2D eigenvalue weighted by molar-refractivity contribution is 7.20. The maximum atomic E-state index is 11.9. The van der Waals surface area contributed by atoms with Crippen molar-refractivity contribution in [2.24, 2.45) is 0 Å². The normalized spacial score (nSPS) is 16.0. The van der Waals surface area contributed by atoms with Crippen LogP contribution in [0, 0.1) is 13.8 Å². The average Bonchev–Trinajstić information content (AvgIpc) is 2.84. The van der Waals surface area contributed by atoms with E-state index in [1.807, 2.05) is 13.8 Å². The standard InChI is InChI=1S/C15H20N4O2S/c1-8-11-13(19-10-4-6-16-7-5-10)17-9(2)18-14(11)22-12(8)15(20)21-3/h10,16H,4-7H2,1-3H3,(H,17,18,19). The number of esters is 1. The van der Waals surface area contributed by atoms with Crippen molar-refractivity contribution < 1.29 is 9.53 Å². The van der Waals surface area contributed by atoms with E-state index >= 15 is 0 Å². The van der Waals surface area contributed by atoms with Crippen molar-refractivity contribution in [2.45, 2.75) is 32.7 Å². The predicted molar refractivity (Wildman–Crippen MR) is 87.7 cm³/mol. The van der Waals surface area contributed by atoms with E-state index in [-0.39, 0.29) is 5.97 Å². The summed E-state index contributed by atoms with van der Waals surface area (Å²) in [5.74, 6) is 1.23. The number of nitrogens with one attached hydrogen (secondary N) is 2. The van der Waals surface area contributed by atoms with Crippen LogP contribution in [0.25, 0.3) is 10.2 Å². The number of aromatic nitrogens is 2. The summed E-state index contributed by atoms with van der Waals surface area (Å²) in [5, 5.41) is 7.83. The van der Waals surface area contributed by atoms with E-state index in [0.717, 1.165) is 47.5 Å². The number of hydrogen-bond acceptors (Lipinski definition) is 7. The molecule has 1 aliphatic rings. The molecular weight excluding hydrogens is 300 g/mol. The zero-order chi connectivity index (χ0) is 15.7. The van der Waals surface area contributed by atoms with Gasteiger partial charge < -0.3 is 15.4 Å². The summed E-state index contributed by atoms with van der Waals surface area (Å²) in [6.07, 6.45) is 2.13. The largest absolute Gasteiger partial charge is 0.465 e. The summed E-state index contributed by atoms with van der Waals surface area (Å²) in [6, 6.07) is 0.402. The number of carbonyl (C=O) groups excluding carboxylic acids is 1. The number of carbonyl (C=O) groups is 1. The van der Waals surface area contributed by atoms with Crippen molar-refractivity contribution in [3.8, 4) is 0 Å². The number of piperidine rings is 1. The highest BCUT2D eigenvalue weighted by Gasteiger charge is 2.22. The van der Waals surface area contributed by atoms with E-state index in [1.54, 1.807) is 0 Å². The Kier molecular flexibility index (Phi) is 4.26. The number of anilines is 1. The molecule has 0 amide bonds. The third kappa shape index (κ3) is 2.78. The van der Waals surface area contributed by atoms with Gasteiger partial charge in [0.15, 0.2) is 0 Å². The monoisotopic (exact) mass is 320 g/mol. The Hall–Kier alpha value is -1.73. The molecule has 1 fully saturated rings.